The average molecular weight is 503 g/mol. The summed E-state index contributed by atoms with van der Waals surface area (Å²) in [5, 5.41) is 8.09. The number of hydrogen-bond acceptors (Lipinski definition) is 1. The largest absolute Gasteiger partial charge is 0.456 e. The molecular weight excluding hydrogens is 472 g/mol. The molecule has 0 bridgehead atoms. The molecule has 184 valence electrons. The molecule has 1 heteroatoms. The third-order valence-electron chi connectivity index (χ3n) is 8.02. The zero-order valence-corrected chi connectivity index (χ0v) is 21.2. The Balaban J connectivity index is 1.44. The van der Waals surface area contributed by atoms with Crippen LogP contribution in [0.15, 0.2) is 138 Å². The van der Waals surface area contributed by atoms with Crippen molar-refractivity contribution in [3.63, 3.8) is 0 Å². The summed E-state index contributed by atoms with van der Waals surface area (Å²) in [6.45, 7) is 0. The van der Waals surface area contributed by atoms with E-state index in [0.29, 0.717) is 12.8 Å². The average Bonchev–Trinajstić information content (AvgIpc) is 3.40. The van der Waals surface area contributed by atoms with Crippen LogP contribution in [0.25, 0.3) is 54.3 Å². The van der Waals surface area contributed by atoms with Crippen LogP contribution >= 0.6 is 0 Å². The Kier molecular flexibility index (Phi) is 4.17. The van der Waals surface area contributed by atoms with Gasteiger partial charge in [0.25, 0.3) is 0 Å². The molecule has 0 fully saturated rings. The SMILES string of the molecule is [2H]c1cc2c(Cc3cccc4ccccc34)c3cc([2H])c([2H])cc3c(Cc3cccc4oc5ccccc5c34)c2cc1[2H]. The molecule has 0 saturated carbocycles. The molecule has 1 heterocycles. The van der Waals surface area contributed by atoms with E-state index in [1.165, 1.54) is 5.39 Å². The van der Waals surface area contributed by atoms with Gasteiger partial charge < -0.3 is 4.42 Å². The number of rotatable bonds is 4. The second-order valence-corrected chi connectivity index (χ2v) is 10.1. The zero-order chi connectivity index (χ0) is 29.2. The fourth-order valence-corrected chi connectivity index (χ4v) is 6.26. The predicted octanol–water partition coefficient (Wildman–Crippen LogP) is 10.2. The fourth-order valence-electron chi connectivity index (χ4n) is 6.26. The van der Waals surface area contributed by atoms with E-state index in [0.717, 1.165) is 71.1 Å². The van der Waals surface area contributed by atoms with E-state index in [4.69, 9.17) is 9.90 Å². The van der Waals surface area contributed by atoms with Crippen LogP contribution in [-0.4, -0.2) is 0 Å². The topological polar surface area (TPSA) is 13.1 Å². The van der Waals surface area contributed by atoms with E-state index >= 15 is 0 Å². The van der Waals surface area contributed by atoms with Gasteiger partial charge in [-0.3, -0.25) is 0 Å². The van der Waals surface area contributed by atoms with Crippen molar-refractivity contribution in [3.8, 4) is 0 Å². The van der Waals surface area contributed by atoms with Gasteiger partial charge in [0, 0.05) is 10.8 Å². The second-order valence-electron chi connectivity index (χ2n) is 10.1. The van der Waals surface area contributed by atoms with Crippen LogP contribution in [-0.2, 0) is 12.8 Å². The van der Waals surface area contributed by atoms with Gasteiger partial charge in [-0.25, -0.2) is 0 Å². The van der Waals surface area contributed by atoms with Gasteiger partial charge in [0.2, 0.25) is 0 Å². The van der Waals surface area contributed by atoms with Crippen LogP contribution in [0, 0.1) is 0 Å². The van der Waals surface area contributed by atoms with Crippen molar-refractivity contribution in [1.29, 1.82) is 0 Å². The summed E-state index contributed by atoms with van der Waals surface area (Å²) in [6.07, 6.45) is 1.15. The lowest BCUT2D eigenvalue weighted by molar-refractivity contribution is 0.668. The van der Waals surface area contributed by atoms with Gasteiger partial charge in [0.05, 0.1) is 5.48 Å². The Hall–Kier alpha value is -4.88. The first-order chi connectivity index (χ1) is 21.0. The number of furan rings is 1. The number of hydrogen-bond donors (Lipinski definition) is 0. The molecule has 1 nitrogen and oxygen atoms in total. The van der Waals surface area contributed by atoms with Crippen molar-refractivity contribution in [2.24, 2.45) is 0 Å². The van der Waals surface area contributed by atoms with Crippen molar-refractivity contribution in [2.45, 2.75) is 12.8 Å². The predicted molar refractivity (Wildman–Crippen MR) is 165 cm³/mol. The normalized spacial score (nSPS) is 13.2. The maximum absolute atomic E-state index is 8.61. The quantitative estimate of drug-likeness (QED) is 0.218. The van der Waals surface area contributed by atoms with Gasteiger partial charge in [-0.2, -0.15) is 0 Å². The highest BCUT2D eigenvalue weighted by Crippen LogP contribution is 2.38. The van der Waals surface area contributed by atoms with Gasteiger partial charge in [-0.1, -0.05) is 121 Å². The Morgan fingerprint density at radius 1 is 0.436 bits per heavy atom. The number of fused-ring (bicyclic) bond motifs is 6. The first-order valence-electron chi connectivity index (χ1n) is 15.3. The van der Waals surface area contributed by atoms with Crippen molar-refractivity contribution >= 4 is 54.3 Å². The molecule has 0 N–H and O–H groups in total. The lowest BCUT2D eigenvalue weighted by atomic mass is 9.85. The lowest BCUT2D eigenvalue weighted by Gasteiger charge is -2.18. The van der Waals surface area contributed by atoms with E-state index in [1.54, 1.807) is 0 Å². The number of benzene rings is 7. The fraction of sp³-hybridized carbons (Fsp3) is 0.0526. The second kappa shape index (κ2) is 8.85. The summed E-state index contributed by atoms with van der Waals surface area (Å²) >= 11 is 0. The molecule has 7 aromatic carbocycles. The molecule has 0 spiro atoms. The van der Waals surface area contributed by atoms with Gasteiger partial charge in [0.1, 0.15) is 11.2 Å². The van der Waals surface area contributed by atoms with Gasteiger partial charge in [-0.05, 0) is 79.5 Å². The van der Waals surface area contributed by atoms with E-state index < -0.39 is 0 Å². The summed E-state index contributed by atoms with van der Waals surface area (Å²) in [4.78, 5) is 0. The van der Waals surface area contributed by atoms with Crippen LogP contribution in [0.3, 0.4) is 0 Å². The molecule has 0 aliphatic carbocycles. The smallest absolute Gasteiger partial charge is 0.135 e. The minimum absolute atomic E-state index is 0.166. The maximum atomic E-state index is 8.61. The highest BCUT2D eigenvalue weighted by molar-refractivity contribution is 6.09. The van der Waals surface area contributed by atoms with Crippen molar-refractivity contribution in [3.05, 3.63) is 156 Å². The molecule has 39 heavy (non-hydrogen) atoms. The van der Waals surface area contributed by atoms with Crippen LogP contribution < -0.4 is 0 Å². The van der Waals surface area contributed by atoms with Crippen molar-refractivity contribution in [1.82, 2.24) is 0 Å². The summed E-state index contributed by atoms with van der Waals surface area (Å²) in [6, 6.07) is 36.7. The highest BCUT2D eigenvalue weighted by atomic mass is 16.3. The first-order valence-corrected chi connectivity index (χ1v) is 13.3. The third-order valence-corrected chi connectivity index (χ3v) is 8.02. The minimum atomic E-state index is 0.166. The van der Waals surface area contributed by atoms with Crippen LogP contribution in [0.2, 0.25) is 0 Å². The van der Waals surface area contributed by atoms with E-state index in [2.05, 4.69) is 42.5 Å². The minimum Gasteiger partial charge on any atom is -0.456 e. The van der Waals surface area contributed by atoms with Gasteiger partial charge in [0.15, 0.2) is 0 Å². The monoisotopic (exact) mass is 502 g/mol. The Morgan fingerprint density at radius 3 is 1.67 bits per heavy atom. The summed E-state index contributed by atoms with van der Waals surface area (Å²) in [5.74, 6) is 0. The highest BCUT2D eigenvalue weighted by Gasteiger charge is 2.17. The van der Waals surface area contributed by atoms with E-state index in [-0.39, 0.29) is 24.2 Å². The van der Waals surface area contributed by atoms with Crippen LogP contribution in [0.4, 0.5) is 0 Å². The molecule has 0 aliphatic heterocycles. The standard InChI is InChI=1S/C38H26O/c1-2-15-28-25(11-1)12-9-13-26(28)23-34-29-16-3-5-18-31(29)35(32-19-6-4-17-30(32)34)24-27-14-10-22-37-38(27)33-20-7-8-21-36(33)39-37/h1-22H,23-24H2/i3D,4D,5D,6D. The first kappa shape index (κ1) is 18.4. The molecule has 8 aromatic rings. The van der Waals surface area contributed by atoms with Crippen LogP contribution in [0.5, 0.6) is 0 Å². The Bertz CT molecular complexity index is 2330. The summed E-state index contributed by atoms with van der Waals surface area (Å²) in [5.41, 5.74) is 5.92. The maximum Gasteiger partial charge on any atom is 0.135 e. The molecule has 0 radical (unpaired) electrons. The Labute approximate surface area is 232 Å². The van der Waals surface area contributed by atoms with E-state index in [9.17, 15) is 0 Å². The molecule has 0 amide bonds. The molecule has 0 unspecified atom stereocenters. The molecule has 8 rings (SSSR count). The molecule has 0 atom stereocenters. The summed E-state index contributed by atoms with van der Waals surface area (Å²) < 4.78 is 40.6. The molecule has 0 aliphatic rings. The third kappa shape index (κ3) is 3.55. The Morgan fingerprint density at radius 2 is 0.949 bits per heavy atom. The molecular formula is C38H26O. The molecule has 1 aromatic heterocycles. The zero-order valence-electron chi connectivity index (χ0n) is 25.2. The van der Waals surface area contributed by atoms with Gasteiger partial charge >= 0.3 is 0 Å². The van der Waals surface area contributed by atoms with Crippen LogP contribution in [0.1, 0.15) is 27.7 Å². The van der Waals surface area contributed by atoms with E-state index in [1.807, 2.05) is 66.7 Å². The number of para-hydroxylation sites is 1. The summed E-state index contributed by atoms with van der Waals surface area (Å²) in [7, 11) is 0. The van der Waals surface area contributed by atoms with Crippen molar-refractivity contribution in [2.75, 3.05) is 0 Å². The van der Waals surface area contributed by atoms with Crippen molar-refractivity contribution < 1.29 is 9.90 Å². The molecule has 0 saturated heterocycles. The lowest BCUT2D eigenvalue weighted by Crippen LogP contribution is -1.99. The van der Waals surface area contributed by atoms with Gasteiger partial charge in [-0.15, -0.1) is 0 Å².